The minimum atomic E-state index is -0.547. The van der Waals surface area contributed by atoms with Crippen LogP contribution in [0.4, 0.5) is 5.69 Å². The van der Waals surface area contributed by atoms with E-state index in [0.717, 1.165) is 0 Å². The second-order valence-corrected chi connectivity index (χ2v) is 6.40. The summed E-state index contributed by atoms with van der Waals surface area (Å²) in [6.45, 7) is 0. The highest BCUT2D eigenvalue weighted by atomic mass is 35.5. The van der Waals surface area contributed by atoms with Gasteiger partial charge in [-0.15, -0.1) is 0 Å². The number of rotatable bonds is 5. The first-order chi connectivity index (χ1) is 14.0. The molecule has 0 atom stereocenters. The number of nitriles is 1. The highest BCUT2D eigenvalue weighted by Gasteiger charge is 2.11. The van der Waals surface area contributed by atoms with Gasteiger partial charge in [0.1, 0.15) is 17.4 Å². The molecular formula is C23H15ClN2O3. The quantitative estimate of drug-likeness (QED) is 0.278. The van der Waals surface area contributed by atoms with Crippen LogP contribution in [0, 0.1) is 11.3 Å². The van der Waals surface area contributed by atoms with Crippen molar-refractivity contribution in [1.82, 2.24) is 0 Å². The van der Waals surface area contributed by atoms with E-state index in [9.17, 15) is 14.9 Å². The van der Waals surface area contributed by atoms with Gasteiger partial charge in [-0.1, -0.05) is 48.0 Å². The SMILES string of the molecule is N#CC(=Cc1ccc(OC(=O)c2ccccc2)cc1)C(=O)Nc1cccc(Cl)c1. The van der Waals surface area contributed by atoms with E-state index in [1.54, 1.807) is 72.8 Å². The molecule has 0 spiro atoms. The fourth-order valence-corrected chi connectivity index (χ4v) is 2.64. The summed E-state index contributed by atoms with van der Waals surface area (Å²) in [7, 11) is 0. The van der Waals surface area contributed by atoms with E-state index in [4.69, 9.17) is 16.3 Å². The molecule has 6 heteroatoms. The van der Waals surface area contributed by atoms with Gasteiger partial charge in [0, 0.05) is 10.7 Å². The van der Waals surface area contributed by atoms with Crippen LogP contribution >= 0.6 is 11.6 Å². The molecule has 1 N–H and O–H groups in total. The lowest BCUT2D eigenvalue weighted by Gasteiger charge is -2.06. The molecule has 3 aromatic rings. The number of benzene rings is 3. The Kier molecular flexibility index (Phi) is 6.41. The van der Waals surface area contributed by atoms with E-state index in [2.05, 4.69) is 5.32 Å². The fraction of sp³-hybridized carbons (Fsp3) is 0. The number of nitrogens with one attached hydrogen (secondary N) is 1. The van der Waals surface area contributed by atoms with E-state index in [1.807, 2.05) is 12.1 Å². The molecule has 0 saturated carbocycles. The smallest absolute Gasteiger partial charge is 0.343 e. The zero-order valence-corrected chi connectivity index (χ0v) is 15.9. The van der Waals surface area contributed by atoms with Crippen molar-refractivity contribution in [1.29, 1.82) is 5.26 Å². The number of carbonyl (C=O) groups is 2. The average Bonchev–Trinajstić information content (AvgIpc) is 2.73. The van der Waals surface area contributed by atoms with Gasteiger partial charge in [-0.25, -0.2) is 4.79 Å². The topological polar surface area (TPSA) is 79.2 Å². The van der Waals surface area contributed by atoms with Gasteiger partial charge in [-0.3, -0.25) is 4.79 Å². The van der Waals surface area contributed by atoms with Gasteiger partial charge in [0.05, 0.1) is 5.56 Å². The molecule has 0 heterocycles. The molecule has 5 nitrogen and oxygen atoms in total. The normalized spacial score (nSPS) is 10.7. The lowest BCUT2D eigenvalue weighted by atomic mass is 10.1. The molecule has 3 aromatic carbocycles. The molecule has 0 aliphatic rings. The predicted molar refractivity (Wildman–Crippen MR) is 112 cm³/mol. The lowest BCUT2D eigenvalue weighted by molar-refractivity contribution is -0.112. The molecule has 3 rings (SSSR count). The second kappa shape index (κ2) is 9.36. The van der Waals surface area contributed by atoms with Crippen LogP contribution in [-0.2, 0) is 4.79 Å². The molecule has 142 valence electrons. The number of hydrogen-bond donors (Lipinski definition) is 1. The van der Waals surface area contributed by atoms with Gasteiger partial charge in [0.2, 0.25) is 0 Å². The first kappa shape index (κ1) is 19.9. The van der Waals surface area contributed by atoms with Crippen molar-refractivity contribution in [2.24, 2.45) is 0 Å². The summed E-state index contributed by atoms with van der Waals surface area (Å²) < 4.78 is 5.31. The van der Waals surface area contributed by atoms with Crippen molar-refractivity contribution < 1.29 is 14.3 Å². The highest BCUT2D eigenvalue weighted by molar-refractivity contribution is 6.31. The zero-order valence-electron chi connectivity index (χ0n) is 15.1. The molecular weight excluding hydrogens is 388 g/mol. The number of hydrogen-bond acceptors (Lipinski definition) is 4. The maximum absolute atomic E-state index is 12.3. The zero-order chi connectivity index (χ0) is 20.6. The fourth-order valence-electron chi connectivity index (χ4n) is 2.45. The Morgan fingerprint density at radius 1 is 0.966 bits per heavy atom. The van der Waals surface area contributed by atoms with Crippen molar-refractivity contribution >= 4 is 35.2 Å². The van der Waals surface area contributed by atoms with Crippen LogP contribution in [0.15, 0.2) is 84.4 Å². The Morgan fingerprint density at radius 3 is 2.34 bits per heavy atom. The summed E-state index contributed by atoms with van der Waals surface area (Å²) in [6, 6.07) is 23.7. The van der Waals surface area contributed by atoms with E-state index < -0.39 is 11.9 Å². The van der Waals surface area contributed by atoms with Gasteiger partial charge in [0.15, 0.2) is 0 Å². The van der Waals surface area contributed by atoms with Gasteiger partial charge >= 0.3 is 5.97 Å². The van der Waals surface area contributed by atoms with E-state index in [0.29, 0.717) is 27.6 Å². The maximum Gasteiger partial charge on any atom is 0.343 e. The first-order valence-corrected chi connectivity index (χ1v) is 8.99. The summed E-state index contributed by atoms with van der Waals surface area (Å²) in [5, 5.41) is 12.4. The first-order valence-electron chi connectivity index (χ1n) is 8.61. The molecule has 0 radical (unpaired) electrons. The number of ether oxygens (including phenoxy) is 1. The standard InChI is InChI=1S/C23H15ClN2O3/c24-19-7-4-8-20(14-19)26-22(27)18(15-25)13-16-9-11-21(12-10-16)29-23(28)17-5-2-1-3-6-17/h1-14H,(H,26,27). The molecule has 0 aliphatic heterocycles. The van der Waals surface area contributed by atoms with Crippen LogP contribution in [0.3, 0.4) is 0 Å². The van der Waals surface area contributed by atoms with Gasteiger partial charge < -0.3 is 10.1 Å². The van der Waals surface area contributed by atoms with Crippen molar-refractivity contribution in [2.75, 3.05) is 5.32 Å². The van der Waals surface area contributed by atoms with Crippen LogP contribution in [0.5, 0.6) is 5.75 Å². The summed E-state index contributed by atoms with van der Waals surface area (Å²) in [5.41, 5.74) is 1.48. The molecule has 0 aromatic heterocycles. The number of amides is 1. The predicted octanol–water partition coefficient (Wildman–Crippen LogP) is 5.10. The molecule has 0 saturated heterocycles. The second-order valence-electron chi connectivity index (χ2n) is 5.96. The monoisotopic (exact) mass is 402 g/mol. The Labute approximate surface area is 172 Å². The molecule has 0 unspecified atom stereocenters. The van der Waals surface area contributed by atoms with Gasteiger partial charge in [0.25, 0.3) is 5.91 Å². The Bertz CT molecular complexity index is 1100. The number of halogens is 1. The van der Waals surface area contributed by atoms with Crippen LogP contribution in [0.1, 0.15) is 15.9 Å². The van der Waals surface area contributed by atoms with Crippen molar-refractivity contribution in [3.8, 4) is 11.8 Å². The van der Waals surface area contributed by atoms with E-state index >= 15 is 0 Å². The minimum Gasteiger partial charge on any atom is -0.423 e. The maximum atomic E-state index is 12.3. The number of nitrogens with zero attached hydrogens (tertiary/aromatic N) is 1. The third-order valence-electron chi connectivity index (χ3n) is 3.86. The van der Waals surface area contributed by atoms with Crippen LogP contribution < -0.4 is 10.1 Å². The van der Waals surface area contributed by atoms with Crippen LogP contribution in [0.2, 0.25) is 5.02 Å². The summed E-state index contributed by atoms with van der Waals surface area (Å²) in [4.78, 5) is 24.4. The third kappa shape index (κ3) is 5.55. The number of anilines is 1. The molecule has 0 aliphatic carbocycles. The van der Waals surface area contributed by atoms with Crippen molar-refractivity contribution in [3.05, 3.63) is 101 Å². The summed E-state index contributed by atoms with van der Waals surface area (Å²) in [6.07, 6.45) is 1.45. The van der Waals surface area contributed by atoms with Gasteiger partial charge in [-0.05, 0) is 54.1 Å². The third-order valence-corrected chi connectivity index (χ3v) is 4.09. The summed E-state index contributed by atoms with van der Waals surface area (Å²) in [5.74, 6) is -0.653. The lowest BCUT2D eigenvalue weighted by Crippen LogP contribution is -2.13. The molecule has 0 bridgehead atoms. The Balaban J connectivity index is 1.69. The van der Waals surface area contributed by atoms with Crippen molar-refractivity contribution in [2.45, 2.75) is 0 Å². The Hall–Kier alpha value is -3.88. The average molecular weight is 403 g/mol. The highest BCUT2D eigenvalue weighted by Crippen LogP contribution is 2.18. The van der Waals surface area contributed by atoms with Gasteiger partial charge in [-0.2, -0.15) is 5.26 Å². The molecule has 1 amide bonds. The molecule has 0 fully saturated rings. The Morgan fingerprint density at radius 2 is 1.69 bits per heavy atom. The number of carbonyl (C=O) groups excluding carboxylic acids is 2. The summed E-state index contributed by atoms with van der Waals surface area (Å²) >= 11 is 5.89. The van der Waals surface area contributed by atoms with Crippen LogP contribution in [-0.4, -0.2) is 11.9 Å². The van der Waals surface area contributed by atoms with Crippen molar-refractivity contribution in [3.63, 3.8) is 0 Å². The molecule has 29 heavy (non-hydrogen) atoms. The number of esters is 1. The minimum absolute atomic E-state index is 0.0704. The largest absolute Gasteiger partial charge is 0.423 e. The van der Waals surface area contributed by atoms with Crippen LogP contribution in [0.25, 0.3) is 6.08 Å². The van der Waals surface area contributed by atoms with E-state index in [1.165, 1.54) is 6.08 Å². The van der Waals surface area contributed by atoms with E-state index in [-0.39, 0.29) is 5.57 Å².